The largest absolute Gasteiger partial charge is 0.343 e. The molecule has 0 aromatic heterocycles. The third kappa shape index (κ3) is 5.46. The lowest BCUT2D eigenvalue weighted by atomic mass is 9.99. The highest BCUT2D eigenvalue weighted by atomic mass is 16.2. The molecular formula is C25H34N4O3. The van der Waals surface area contributed by atoms with E-state index in [-0.39, 0.29) is 23.6 Å². The van der Waals surface area contributed by atoms with Crippen LogP contribution in [0, 0.1) is 5.92 Å². The third-order valence-electron chi connectivity index (χ3n) is 6.16. The van der Waals surface area contributed by atoms with Gasteiger partial charge in [0.15, 0.2) is 0 Å². The second-order valence-electron chi connectivity index (χ2n) is 8.84. The maximum Gasteiger partial charge on any atom is 0.245 e. The third-order valence-corrected chi connectivity index (χ3v) is 6.16. The van der Waals surface area contributed by atoms with Gasteiger partial charge in [0.25, 0.3) is 0 Å². The zero-order valence-corrected chi connectivity index (χ0v) is 19.4. The number of carbonyl (C=O) groups excluding carboxylic acids is 3. The van der Waals surface area contributed by atoms with Crippen molar-refractivity contribution in [2.45, 2.75) is 58.3 Å². The second-order valence-corrected chi connectivity index (χ2v) is 8.84. The normalized spacial score (nSPS) is 18.5. The molecule has 172 valence electrons. The molecule has 1 fully saturated rings. The van der Waals surface area contributed by atoms with Crippen molar-refractivity contribution in [3.8, 4) is 0 Å². The van der Waals surface area contributed by atoms with Gasteiger partial charge in [-0.15, -0.1) is 0 Å². The molecule has 0 saturated carbocycles. The highest BCUT2D eigenvalue weighted by Gasteiger charge is 2.33. The van der Waals surface area contributed by atoms with E-state index in [4.69, 9.17) is 0 Å². The first kappa shape index (κ1) is 23.7. The minimum Gasteiger partial charge on any atom is -0.343 e. The summed E-state index contributed by atoms with van der Waals surface area (Å²) in [5.41, 5.74) is 1.09. The van der Waals surface area contributed by atoms with E-state index in [1.165, 1.54) is 0 Å². The summed E-state index contributed by atoms with van der Waals surface area (Å²) in [4.78, 5) is 40.3. The molecule has 3 amide bonds. The molecule has 1 aliphatic heterocycles. The number of likely N-dealkylation sites (tertiary alicyclic amines) is 1. The zero-order chi connectivity index (χ0) is 23.3. The zero-order valence-electron chi connectivity index (χ0n) is 19.4. The Labute approximate surface area is 189 Å². The Balaban J connectivity index is 1.68. The highest BCUT2D eigenvalue weighted by molar-refractivity contribution is 5.93. The molecule has 2 aromatic rings. The highest BCUT2D eigenvalue weighted by Crippen LogP contribution is 2.22. The number of hydrogen-bond donors (Lipinski definition) is 3. The standard InChI is InChI=1S/C25H34N4O3/c1-16(2)22(28-23(30)17(3)26-4)24(31)27-21-13-8-14-29(25(21)32)15-19-11-7-10-18-9-5-6-12-20(18)19/h5-7,9-12,16-17,21-22,26H,8,13-15H2,1-4H3,(H,27,31)(H,28,30)/t17-,21-,22-/m0/s1. The van der Waals surface area contributed by atoms with Crippen molar-refractivity contribution in [3.63, 3.8) is 0 Å². The molecule has 2 aromatic carbocycles. The topological polar surface area (TPSA) is 90.5 Å². The molecule has 32 heavy (non-hydrogen) atoms. The monoisotopic (exact) mass is 438 g/mol. The maximum atomic E-state index is 13.2. The van der Waals surface area contributed by atoms with Gasteiger partial charge >= 0.3 is 0 Å². The van der Waals surface area contributed by atoms with Crippen LogP contribution >= 0.6 is 0 Å². The van der Waals surface area contributed by atoms with Crippen molar-refractivity contribution in [2.75, 3.05) is 13.6 Å². The number of nitrogens with zero attached hydrogens (tertiary/aromatic N) is 1. The fourth-order valence-electron chi connectivity index (χ4n) is 4.07. The Bertz CT molecular complexity index is 969. The first-order valence-electron chi connectivity index (χ1n) is 11.3. The maximum absolute atomic E-state index is 13.2. The Morgan fingerprint density at radius 1 is 1.06 bits per heavy atom. The molecule has 0 unspecified atom stereocenters. The number of likely N-dealkylation sites (N-methyl/N-ethyl adjacent to an activating group) is 1. The molecule has 1 saturated heterocycles. The number of carbonyl (C=O) groups is 3. The van der Waals surface area contributed by atoms with Crippen molar-refractivity contribution in [1.82, 2.24) is 20.9 Å². The number of fused-ring (bicyclic) bond motifs is 1. The number of benzene rings is 2. The summed E-state index contributed by atoms with van der Waals surface area (Å²) in [7, 11) is 1.69. The van der Waals surface area contributed by atoms with Gasteiger partial charge in [-0.1, -0.05) is 56.3 Å². The molecule has 0 spiro atoms. The Morgan fingerprint density at radius 2 is 1.78 bits per heavy atom. The molecule has 0 bridgehead atoms. The predicted octanol–water partition coefficient (Wildman–Crippen LogP) is 2.20. The Morgan fingerprint density at radius 3 is 2.50 bits per heavy atom. The molecular weight excluding hydrogens is 404 g/mol. The van der Waals surface area contributed by atoms with Crippen LogP contribution in [0.5, 0.6) is 0 Å². The predicted molar refractivity (Wildman–Crippen MR) is 126 cm³/mol. The minimum atomic E-state index is -0.695. The summed E-state index contributed by atoms with van der Waals surface area (Å²) >= 11 is 0. The van der Waals surface area contributed by atoms with E-state index >= 15 is 0 Å². The number of amides is 3. The fraction of sp³-hybridized carbons (Fsp3) is 0.480. The van der Waals surface area contributed by atoms with E-state index in [2.05, 4.69) is 34.1 Å². The van der Waals surface area contributed by atoms with Crippen LogP contribution in [0.1, 0.15) is 39.2 Å². The van der Waals surface area contributed by atoms with E-state index < -0.39 is 18.1 Å². The summed E-state index contributed by atoms with van der Waals surface area (Å²) < 4.78 is 0. The van der Waals surface area contributed by atoms with Gasteiger partial charge in [-0.3, -0.25) is 14.4 Å². The van der Waals surface area contributed by atoms with Crippen LogP contribution in [0.25, 0.3) is 10.8 Å². The van der Waals surface area contributed by atoms with Gasteiger partial charge in [-0.25, -0.2) is 0 Å². The van der Waals surface area contributed by atoms with Crippen LogP contribution in [-0.2, 0) is 20.9 Å². The summed E-state index contributed by atoms with van der Waals surface area (Å²) in [5.74, 6) is -0.737. The van der Waals surface area contributed by atoms with Crippen LogP contribution in [0.15, 0.2) is 42.5 Å². The fourth-order valence-corrected chi connectivity index (χ4v) is 4.07. The van der Waals surface area contributed by atoms with Crippen molar-refractivity contribution in [3.05, 3.63) is 48.0 Å². The first-order valence-corrected chi connectivity index (χ1v) is 11.3. The molecule has 3 atom stereocenters. The summed E-state index contributed by atoms with van der Waals surface area (Å²) in [6.07, 6.45) is 1.42. The van der Waals surface area contributed by atoms with Crippen molar-refractivity contribution in [2.24, 2.45) is 5.92 Å². The van der Waals surface area contributed by atoms with Crippen LogP contribution in [0.4, 0.5) is 0 Å². The number of nitrogens with one attached hydrogen (secondary N) is 3. The number of hydrogen-bond acceptors (Lipinski definition) is 4. The van der Waals surface area contributed by atoms with Crippen molar-refractivity contribution >= 4 is 28.5 Å². The molecule has 7 heteroatoms. The van der Waals surface area contributed by atoms with E-state index in [0.717, 1.165) is 22.8 Å². The van der Waals surface area contributed by atoms with Crippen molar-refractivity contribution in [1.29, 1.82) is 0 Å². The van der Waals surface area contributed by atoms with Crippen LogP contribution in [0.2, 0.25) is 0 Å². The first-order chi connectivity index (χ1) is 15.3. The van der Waals surface area contributed by atoms with Gasteiger partial charge in [0.2, 0.25) is 17.7 Å². The van der Waals surface area contributed by atoms with Gasteiger partial charge in [0.1, 0.15) is 12.1 Å². The molecule has 1 heterocycles. The van der Waals surface area contributed by atoms with E-state index in [1.54, 1.807) is 14.0 Å². The van der Waals surface area contributed by atoms with Gasteiger partial charge < -0.3 is 20.9 Å². The van der Waals surface area contributed by atoms with Crippen LogP contribution < -0.4 is 16.0 Å². The van der Waals surface area contributed by atoms with Crippen LogP contribution in [-0.4, -0.2) is 54.3 Å². The Hall–Kier alpha value is -2.93. The smallest absolute Gasteiger partial charge is 0.245 e. The van der Waals surface area contributed by atoms with Crippen molar-refractivity contribution < 1.29 is 14.4 Å². The van der Waals surface area contributed by atoms with Gasteiger partial charge in [0, 0.05) is 13.1 Å². The van der Waals surface area contributed by atoms with Gasteiger partial charge in [-0.05, 0) is 49.1 Å². The van der Waals surface area contributed by atoms with E-state index in [0.29, 0.717) is 19.5 Å². The molecule has 0 aliphatic carbocycles. The SMILES string of the molecule is CN[C@@H](C)C(=O)N[C@H](C(=O)N[C@H]1CCCN(Cc2cccc3ccccc23)C1=O)C(C)C. The summed E-state index contributed by atoms with van der Waals surface area (Å²) in [6.45, 7) is 6.67. The number of piperidine rings is 1. The number of rotatable bonds is 8. The summed E-state index contributed by atoms with van der Waals surface area (Å²) in [6, 6.07) is 12.6. The lowest BCUT2D eigenvalue weighted by Crippen LogP contribution is -2.58. The quantitative estimate of drug-likeness (QED) is 0.589. The van der Waals surface area contributed by atoms with E-state index in [9.17, 15) is 14.4 Å². The summed E-state index contributed by atoms with van der Waals surface area (Å²) in [5, 5.41) is 10.9. The lowest BCUT2D eigenvalue weighted by Gasteiger charge is -2.34. The van der Waals surface area contributed by atoms with Gasteiger partial charge in [-0.2, -0.15) is 0 Å². The van der Waals surface area contributed by atoms with Crippen LogP contribution in [0.3, 0.4) is 0 Å². The average Bonchev–Trinajstić information content (AvgIpc) is 2.79. The van der Waals surface area contributed by atoms with Gasteiger partial charge in [0.05, 0.1) is 6.04 Å². The van der Waals surface area contributed by atoms with E-state index in [1.807, 2.05) is 43.0 Å². The average molecular weight is 439 g/mol. The molecule has 3 N–H and O–H groups in total. The molecule has 3 rings (SSSR count). The molecule has 7 nitrogen and oxygen atoms in total. The molecule has 0 radical (unpaired) electrons. The Kier molecular flexibility index (Phi) is 7.85. The lowest BCUT2D eigenvalue weighted by molar-refractivity contribution is -0.140. The second kappa shape index (κ2) is 10.6. The molecule has 1 aliphatic rings. The minimum absolute atomic E-state index is 0.0741.